The Morgan fingerprint density at radius 3 is 2.87 bits per heavy atom. The first-order valence-corrected chi connectivity index (χ1v) is 6.42. The minimum atomic E-state index is 0.263. The molecular weight excluding hydrogens is 206 g/mol. The number of likely N-dealkylation sites (N-methyl/N-ethyl adjacent to an activating group) is 1. The summed E-state index contributed by atoms with van der Waals surface area (Å²) in [7, 11) is 2.07. The van der Waals surface area contributed by atoms with E-state index in [0.29, 0.717) is 12.6 Å². The van der Waals surface area contributed by atoms with Crippen LogP contribution in [0.25, 0.3) is 0 Å². The fourth-order valence-electron chi connectivity index (χ4n) is 2.22. The van der Waals surface area contributed by atoms with Crippen molar-refractivity contribution < 1.29 is 4.79 Å². The van der Waals surface area contributed by atoms with Crippen LogP contribution in [0.2, 0.25) is 0 Å². The lowest BCUT2D eigenvalue weighted by Gasteiger charge is -2.22. The lowest BCUT2D eigenvalue weighted by Crippen LogP contribution is -2.33. The predicted octanol–water partition coefficient (Wildman–Crippen LogP) is 2.81. The molecule has 3 heteroatoms. The van der Waals surface area contributed by atoms with Crippen molar-refractivity contribution in [2.75, 3.05) is 13.6 Å². The fourth-order valence-corrected chi connectivity index (χ4v) is 2.87. The van der Waals surface area contributed by atoms with E-state index < -0.39 is 0 Å². The Morgan fingerprint density at radius 2 is 2.27 bits per heavy atom. The molecule has 0 spiro atoms. The standard InChI is InChI=1S/C12H17NOS/c1-13(10-5-2-3-6-10)9-11(14)12-7-4-8-15-12/h4,7-8,10H,2-3,5-6,9H2,1H3. The maximum Gasteiger partial charge on any atom is 0.186 e. The van der Waals surface area contributed by atoms with Gasteiger partial charge in [0.15, 0.2) is 5.78 Å². The van der Waals surface area contributed by atoms with Crippen LogP contribution in [-0.4, -0.2) is 30.3 Å². The molecule has 15 heavy (non-hydrogen) atoms. The number of nitrogens with zero attached hydrogens (tertiary/aromatic N) is 1. The number of carbonyl (C=O) groups is 1. The predicted molar refractivity (Wildman–Crippen MR) is 63.5 cm³/mol. The van der Waals surface area contributed by atoms with Crippen LogP contribution in [0.3, 0.4) is 0 Å². The van der Waals surface area contributed by atoms with Crippen molar-refractivity contribution in [3.63, 3.8) is 0 Å². The van der Waals surface area contributed by atoms with E-state index in [-0.39, 0.29) is 5.78 Å². The molecule has 0 saturated heterocycles. The molecule has 82 valence electrons. The summed E-state index contributed by atoms with van der Waals surface area (Å²) in [4.78, 5) is 14.9. The Labute approximate surface area is 94.9 Å². The highest BCUT2D eigenvalue weighted by molar-refractivity contribution is 7.12. The summed E-state index contributed by atoms with van der Waals surface area (Å²) in [6.07, 6.45) is 5.16. The highest BCUT2D eigenvalue weighted by Gasteiger charge is 2.21. The van der Waals surface area contributed by atoms with E-state index in [4.69, 9.17) is 0 Å². The Bertz CT molecular complexity index is 314. The molecule has 0 amide bonds. The quantitative estimate of drug-likeness (QED) is 0.732. The molecule has 0 atom stereocenters. The number of thiophene rings is 1. The molecule has 1 heterocycles. The van der Waals surface area contributed by atoms with E-state index in [1.54, 1.807) is 0 Å². The van der Waals surface area contributed by atoms with Crippen molar-refractivity contribution in [3.8, 4) is 0 Å². The number of rotatable bonds is 4. The summed E-state index contributed by atoms with van der Waals surface area (Å²) in [6, 6.07) is 4.48. The van der Waals surface area contributed by atoms with Gasteiger partial charge in [0.25, 0.3) is 0 Å². The van der Waals surface area contributed by atoms with E-state index in [9.17, 15) is 4.79 Å². The number of ketones is 1. The lowest BCUT2D eigenvalue weighted by atomic mass is 10.2. The molecule has 1 aliphatic rings. The van der Waals surface area contributed by atoms with Gasteiger partial charge in [-0.05, 0) is 31.3 Å². The molecule has 1 aromatic heterocycles. The van der Waals surface area contributed by atoms with Gasteiger partial charge in [0.05, 0.1) is 11.4 Å². The third-order valence-electron chi connectivity index (χ3n) is 3.14. The van der Waals surface area contributed by atoms with Gasteiger partial charge in [-0.25, -0.2) is 0 Å². The normalized spacial score (nSPS) is 17.5. The van der Waals surface area contributed by atoms with Gasteiger partial charge >= 0.3 is 0 Å². The fraction of sp³-hybridized carbons (Fsp3) is 0.583. The van der Waals surface area contributed by atoms with Crippen LogP contribution in [0.4, 0.5) is 0 Å². The van der Waals surface area contributed by atoms with E-state index in [0.717, 1.165) is 4.88 Å². The molecule has 2 nitrogen and oxygen atoms in total. The monoisotopic (exact) mass is 223 g/mol. The van der Waals surface area contributed by atoms with Crippen LogP contribution < -0.4 is 0 Å². The number of hydrogen-bond donors (Lipinski definition) is 0. The first kappa shape index (κ1) is 10.8. The average molecular weight is 223 g/mol. The molecule has 0 aliphatic heterocycles. The molecular formula is C12H17NOS. The van der Waals surface area contributed by atoms with Gasteiger partial charge in [-0.2, -0.15) is 0 Å². The molecule has 0 bridgehead atoms. The smallest absolute Gasteiger partial charge is 0.186 e. The van der Waals surface area contributed by atoms with Crippen LogP contribution in [0.5, 0.6) is 0 Å². The molecule has 1 aliphatic carbocycles. The van der Waals surface area contributed by atoms with Crippen LogP contribution in [0, 0.1) is 0 Å². The van der Waals surface area contributed by atoms with Crippen LogP contribution in [0.15, 0.2) is 17.5 Å². The van der Waals surface area contributed by atoms with E-state index in [2.05, 4.69) is 11.9 Å². The van der Waals surface area contributed by atoms with Crippen molar-refractivity contribution >= 4 is 17.1 Å². The van der Waals surface area contributed by atoms with Crippen molar-refractivity contribution in [2.24, 2.45) is 0 Å². The molecule has 0 aromatic carbocycles. The zero-order valence-corrected chi connectivity index (χ0v) is 9.93. The second kappa shape index (κ2) is 4.90. The lowest BCUT2D eigenvalue weighted by molar-refractivity contribution is 0.0925. The van der Waals surface area contributed by atoms with Gasteiger partial charge < -0.3 is 0 Å². The van der Waals surface area contributed by atoms with Gasteiger partial charge in [0.2, 0.25) is 0 Å². The van der Waals surface area contributed by atoms with Gasteiger partial charge in [-0.1, -0.05) is 18.9 Å². The highest BCUT2D eigenvalue weighted by atomic mass is 32.1. The van der Waals surface area contributed by atoms with Crippen LogP contribution in [0.1, 0.15) is 35.4 Å². The minimum Gasteiger partial charge on any atom is -0.296 e. The van der Waals surface area contributed by atoms with Gasteiger partial charge in [0, 0.05) is 6.04 Å². The van der Waals surface area contributed by atoms with Crippen molar-refractivity contribution in [1.82, 2.24) is 4.90 Å². The maximum atomic E-state index is 11.8. The molecule has 0 unspecified atom stereocenters. The zero-order chi connectivity index (χ0) is 10.7. The van der Waals surface area contributed by atoms with E-state index >= 15 is 0 Å². The SMILES string of the molecule is CN(CC(=O)c1cccs1)C1CCCC1. The number of carbonyl (C=O) groups excluding carboxylic acids is 1. The molecule has 0 radical (unpaired) electrons. The maximum absolute atomic E-state index is 11.8. The third kappa shape index (κ3) is 2.67. The third-order valence-corrected chi connectivity index (χ3v) is 4.05. The van der Waals surface area contributed by atoms with Gasteiger partial charge in [-0.3, -0.25) is 9.69 Å². The van der Waals surface area contributed by atoms with Crippen molar-refractivity contribution in [1.29, 1.82) is 0 Å². The zero-order valence-electron chi connectivity index (χ0n) is 9.11. The van der Waals surface area contributed by atoms with E-state index in [1.807, 2.05) is 17.5 Å². The first-order chi connectivity index (χ1) is 7.27. The Balaban J connectivity index is 1.88. The number of Topliss-reactive ketones (excluding diaryl/α,β-unsaturated/α-hetero) is 1. The summed E-state index contributed by atoms with van der Waals surface area (Å²) in [6.45, 7) is 0.575. The summed E-state index contributed by atoms with van der Waals surface area (Å²) in [5, 5.41) is 1.96. The Kier molecular flexibility index (Phi) is 3.54. The molecule has 0 N–H and O–H groups in total. The van der Waals surface area contributed by atoms with Crippen molar-refractivity contribution in [3.05, 3.63) is 22.4 Å². The second-order valence-electron chi connectivity index (χ2n) is 4.25. The van der Waals surface area contributed by atoms with Crippen LogP contribution in [-0.2, 0) is 0 Å². The molecule has 1 aromatic rings. The highest BCUT2D eigenvalue weighted by Crippen LogP contribution is 2.22. The van der Waals surface area contributed by atoms with Gasteiger partial charge in [0.1, 0.15) is 0 Å². The summed E-state index contributed by atoms with van der Waals surface area (Å²) in [5.74, 6) is 0.263. The topological polar surface area (TPSA) is 20.3 Å². The van der Waals surface area contributed by atoms with Crippen LogP contribution >= 0.6 is 11.3 Å². The molecule has 2 rings (SSSR count). The summed E-state index contributed by atoms with van der Waals surface area (Å²) >= 11 is 1.54. The first-order valence-electron chi connectivity index (χ1n) is 5.54. The molecule has 1 fully saturated rings. The second-order valence-corrected chi connectivity index (χ2v) is 5.20. The number of hydrogen-bond acceptors (Lipinski definition) is 3. The summed E-state index contributed by atoms with van der Waals surface area (Å²) < 4.78 is 0. The summed E-state index contributed by atoms with van der Waals surface area (Å²) in [5.41, 5.74) is 0. The largest absolute Gasteiger partial charge is 0.296 e. The molecule has 1 saturated carbocycles. The van der Waals surface area contributed by atoms with Crippen molar-refractivity contribution in [2.45, 2.75) is 31.7 Å². The average Bonchev–Trinajstić information content (AvgIpc) is 2.91. The van der Waals surface area contributed by atoms with E-state index in [1.165, 1.54) is 37.0 Å². The Morgan fingerprint density at radius 1 is 1.53 bits per heavy atom. The Hall–Kier alpha value is -0.670. The minimum absolute atomic E-state index is 0.263. The van der Waals surface area contributed by atoms with Gasteiger partial charge in [-0.15, -0.1) is 11.3 Å².